The third kappa shape index (κ3) is 8.03. The lowest BCUT2D eigenvalue weighted by Gasteiger charge is -2.16. The van der Waals surface area contributed by atoms with Gasteiger partial charge in [-0.2, -0.15) is 0 Å². The zero-order valence-corrected chi connectivity index (χ0v) is 9.92. The van der Waals surface area contributed by atoms with Gasteiger partial charge in [0.1, 0.15) is 6.10 Å². The van der Waals surface area contributed by atoms with E-state index in [0.717, 1.165) is 32.1 Å². The van der Waals surface area contributed by atoms with E-state index >= 15 is 0 Å². The first-order valence-corrected chi connectivity index (χ1v) is 5.79. The molecule has 0 aromatic heterocycles. The molecule has 3 heteroatoms. The van der Waals surface area contributed by atoms with Crippen LogP contribution in [0.3, 0.4) is 0 Å². The number of rotatable bonds is 8. The van der Waals surface area contributed by atoms with E-state index in [0.29, 0.717) is 6.54 Å². The molecule has 0 spiro atoms. The van der Waals surface area contributed by atoms with Gasteiger partial charge in [-0.15, -0.1) is 6.58 Å². The molecule has 0 heterocycles. The summed E-state index contributed by atoms with van der Waals surface area (Å²) in [5, 5.41) is 2.64. The second-order valence-corrected chi connectivity index (χ2v) is 3.57. The van der Waals surface area contributed by atoms with Crippen LogP contribution in [0.2, 0.25) is 0 Å². The summed E-state index contributed by atoms with van der Waals surface area (Å²) in [4.78, 5) is 11.2. The second kappa shape index (κ2) is 9.56. The standard InChI is InChI=1S/C12H23NO2/c1-4-7-9-11(10-8-5-2)15-12(14)13-6-3/h4,11H,1,5-10H2,2-3H3,(H,13,14). The minimum Gasteiger partial charge on any atom is -0.446 e. The summed E-state index contributed by atoms with van der Waals surface area (Å²) in [6, 6.07) is 0. The van der Waals surface area contributed by atoms with E-state index in [1.807, 2.05) is 13.0 Å². The molecule has 15 heavy (non-hydrogen) atoms. The number of ether oxygens (including phenoxy) is 1. The molecule has 1 amide bonds. The van der Waals surface area contributed by atoms with Gasteiger partial charge in [-0.05, 0) is 26.2 Å². The summed E-state index contributed by atoms with van der Waals surface area (Å²) in [7, 11) is 0. The number of amides is 1. The Labute approximate surface area is 92.9 Å². The van der Waals surface area contributed by atoms with Gasteiger partial charge >= 0.3 is 6.09 Å². The molecule has 1 atom stereocenters. The van der Waals surface area contributed by atoms with Gasteiger partial charge in [-0.25, -0.2) is 4.79 Å². The minimum absolute atomic E-state index is 0.0366. The maximum absolute atomic E-state index is 11.2. The fraction of sp³-hybridized carbons (Fsp3) is 0.750. The van der Waals surface area contributed by atoms with Gasteiger partial charge < -0.3 is 10.1 Å². The Balaban J connectivity index is 3.86. The van der Waals surface area contributed by atoms with E-state index in [4.69, 9.17) is 4.74 Å². The van der Waals surface area contributed by atoms with Crippen molar-refractivity contribution in [1.82, 2.24) is 5.32 Å². The van der Waals surface area contributed by atoms with E-state index in [2.05, 4.69) is 18.8 Å². The Kier molecular flexibility index (Phi) is 8.93. The van der Waals surface area contributed by atoms with Gasteiger partial charge in [0.05, 0.1) is 0 Å². The zero-order valence-electron chi connectivity index (χ0n) is 9.92. The van der Waals surface area contributed by atoms with Crippen molar-refractivity contribution in [3.05, 3.63) is 12.7 Å². The minimum atomic E-state index is -0.303. The molecular formula is C12H23NO2. The van der Waals surface area contributed by atoms with Gasteiger partial charge in [-0.3, -0.25) is 0 Å². The van der Waals surface area contributed by atoms with E-state index in [-0.39, 0.29) is 12.2 Å². The van der Waals surface area contributed by atoms with Crippen LogP contribution >= 0.6 is 0 Å². The summed E-state index contributed by atoms with van der Waals surface area (Å²) in [6.07, 6.45) is 6.54. The van der Waals surface area contributed by atoms with E-state index in [1.165, 1.54) is 0 Å². The Bertz CT molecular complexity index is 180. The molecule has 88 valence electrons. The van der Waals surface area contributed by atoms with Crippen molar-refractivity contribution in [3.8, 4) is 0 Å². The first-order valence-electron chi connectivity index (χ1n) is 5.79. The largest absolute Gasteiger partial charge is 0.446 e. The van der Waals surface area contributed by atoms with Crippen molar-refractivity contribution >= 4 is 6.09 Å². The maximum atomic E-state index is 11.2. The molecule has 0 bridgehead atoms. The van der Waals surface area contributed by atoms with Crippen LogP contribution in [0.5, 0.6) is 0 Å². The molecule has 0 saturated carbocycles. The highest BCUT2D eigenvalue weighted by molar-refractivity contribution is 5.67. The number of hydrogen-bond acceptors (Lipinski definition) is 2. The summed E-state index contributed by atoms with van der Waals surface area (Å²) in [5.41, 5.74) is 0. The van der Waals surface area contributed by atoms with Crippen LogP contribution in [0.1, 0.15) is 46.0 Å². The smallest absolute Gasteiger partial charge is 0.407 e. The van der Waals surface area contributed by atoms with Crippen LogP contribution in [0.25, 0.3) is 0 Å². The summed E-state index contributed by atoms with van der Waals surface area (Å²) in [6.45, 7) is 8.30. The molecule has 0 aliphatic rings. The lowest BCUT2D eigenvalue weighted by molar-refractivity contribution is 0.0871. The average Bonchev–Trinajstić information content (AvgIpc) is 2.22. The van der Waals surface area contributed by atoms with Crippen molar-refractivity contribution in [2.75, 3.05) is 6.54 Å². The van der Waals surface area contributed by atoms with Crippen LogP contribution < -0.4 is 5.32 Å². The average molecular weight is 213 g/mol. The van der Waals surface area contributed by atoms with Crippen LogP contribution in [0, 0.1) is 0 Å². The van der Waals surface area contributed by atoms with Crippen LogP contribution in [-0.4, -0.2) is 18.7 Å². The third-order valence-electron chi connectivity index (χ3n) is 2.17. The number of nitrogens with one attached hydrogen (secondary N) is 1. The van der Waals surface area contributed by atoms with Gasteiger partial charge in [0.2, 0.25) is 0 Å². The molecule has 3 nitrogen and oxygen atoms in total. The predicted molar refractivity (Wildman–Crippen MR) is 62.9 cm³/mol. The molecule has 0 aliphatic carbocycles. The topological polar surface area (TPSA) is 38.3 Å². The molecular weight excluding hydrogens is 190 g/mol. The number of alkyl carbamates (subject to hydrolysis) is 1. The zero-order chi connectivity index (χ0) is 11.5. The fourth-order valence-corrected chi connectivity index (χ4v) is 1.34. The molecule has 0 saturated heterocycles. The summed E-state index contributed by atoms with van der Waals surface area (Å²) in [5.74, 6) is 0. The van der Waals surface area contributed by atoms with E-state index < -0.39 is 0 Å². The Morgan fingerprint density at radius 2 is 2.20 bits per heavy atom. The molecule has 1 unspecified atom stereocenters. The van der Waals surface area contributed by atoms with Crippen LogP contribution in [-0.2, 0) is 4.74 Å². The molecule has 0 aliphatic heterocycles. The predicted octanol–water partition coefficient (Wildman–Crippen LogP) is 3.26. The van der Waals surface area contributed by atoms with E-state index in [9.17, 15) is 4.79 Å². The van der Waals surface area contributed by atoms with Gasteiger partial charge in [0.15, 0.2) is 0 Å². The fourth-order valence-electron chi connectivity index (χ4n) is 1.34. The second-order valence-electron chi connectivity index (χ2n) is 3.57. The number of hydrogen-bond donors (Lipinski definition) is 1. The first kappa shape index (κ1) is 14.0. The normalized spacial score (nSPS) is 11.9. The number of allylic oxidation sites excluding steroid dienone is 1. The number of carbonyl (C=O) groups is 1. The molecule has 1 N–H and O–H groups in total. The molecule has 0 rings (SSSR count). The SMILES string of the molecule is C=CCCC(CCCC)OC(=O)NCC. The van der Waals surface area contributed by atoms with Gasteiger partial charge in [0.25, 0.3) is 0 Å². The first-order chi connectivity index (χ1) is 7.24. The van der Waals surface area contributed by atoms with E-state index in [1.54, 1.807) is 0 Å². The van der Waals surface area contributed by atoms with Crippen molar-refractivity contribution in [3.63, 3.8) is 0 Å². The molecule has 0 aromatic carbocycles. The Morgan fingerprint density at radius 3 is 2.73 bits per heavy atom. The molecule has 0 aromatic rings. The Morgan fingerprint density at radius 1 is 1.47 bits per heavy atom. The van der Waals surface area contributed by atoms with Gasteiger partial charge in [-0.1, -0.05) is 25.8 Å². The van der Waals surface area contributed by atoms with Gasteiger partial charge in [0, 0.05) is 6.54 Å². The summed E-state index contributed by atoms with van der Waals surface area (Å²) >= 11 is 0. The van der Waals surface area contributed by atoms with Crippen LogP contribution in [0.4, 0.5) is 4.79 Å². The highest BCUT2D eigenvalue weighted by atomic mass is 16.6. The monoisotopic (exact) mass is 213 g/mol. The van der Waals surface area contributed by atoms with Crippen molar-refractivity contribution in [1.29, 1.82) is 0 Å². The highest BCUT2D eigenvalue weighted by Crippen LogP contribution is 2.11. The molecule has 0 radical (unpaired) electrons. The third-order valence-corrected chi connectivity index (χ3v) is 2.17. The Hall–Kier alpha value is -0.990. The van der Waals surface area contributed by atoms with Crippen molar-refractivity contribution < 1.29 is 9.53 Å². The van der Waals surface area contributed by atoms with Crippen LogP contribution in [0.15, 0.2) is 12.7 Å². The lowest BCUT2D eigenvalue weighted by atomic mass is 10.1. The lowest BCUT2D eigenvalue weighted by Crippen LogP contribution is -2.28. The maximum Gasteiger partial charge on any atom is 0.407 e. The highest BCUT2D eigenvalue weighted by Gasteiger charge is 2.12. The number of carbonyl (C=O) groups excluding carboxylic acids is 1. The number of unbranched alkanes of at least 4 members (excludes halogenated alkanes) is 1. The van der Waals surface area contributed by atoms with Crippen molar-refractivity contribution in [2.24, 2.45) is 0 Å². The summed E-state index contributed by atoms with van der Waals surface area (Å²) < 4.78 is 5.30. The quantitative estimate of drug-likeness (QED) is 0.628. The van der Waals surface area contributed by atoms with Crippen molar-refractivity contribution in [2.45, 2.75) is 52.1 Å². The molecule has 0 fully saturated rings.